The predicted octanol–water partition coefficient (Wildman–Crippen LogP) is 2.75. The fourth-order valence-electron chi connectivity index (χ4n) is 1.86. The minimum atomic E-state index is -0.893. The number of hydrogen-bond acceptors (Lipinski definition) is 4. The van der Waals surface area contributed by atoms with Crippen molar-refractivity contribution in [2.75, 3.05) is 6.61 Å². The third kappa shape index (κ3) is 11.4. The summed E-state index contributed by atoms with van der Waals surface area (Å²) in [7, 11) is 0. The van der Waals surface area contributed by atoms with E-state index < -0.39 is 12.2 Å². The van der Waals surface area contributed by atoms with E-state index >= 15 is 0 Å². The molecule has 0 bridgehead atoms. The molecule has 0 saturated carbocycles. The molecule has 4 nitrogen and oxygen atoms in total. The average Bonchev–Trinajstić information content (AvgIpc) is 2.64. The van der Waals surface area contributed by atoms with E-state index in [0.717, 1.165) is 0 Å². The molecule has 0 aliphatic carbocycles. The number of rotatable bonds is 7. The van der Waals surface area contributed by atoms with Crippen LogP contribution in [0.25, 0.3) is 0 Å². The van der Waals surface area contributed by atoms with Crippen molar-refractivity contribution in [2.24, 2.45) is 0 Å². The Bertz CT molecular complexity index is 757. The van der Waals surface area contributed by atoms with Crippen molar-refractivity contribution in [3.63, 3.8) is 0 Å². The molecule has 0 fully saturated rings. The van der Waals surface area contributed by atoms with Gasteiger partial charge in [-0.1, -0.05) is 41.9 Å². The summed E-state index contributed by atoms with van der Waals surface area (Å²) in [4.78, 5) is 11.1. The quantitative estimate of drug-likeness (QED) is 0.440. The minimum Gasteiger partial charge on any atom is -0.466 e. The number of ether oxygens (including phenoxy) is 1. The highest BCUT2D eigenvalue weighted by Crippen LogP contribution is 2.01. The first kappa shape index (κ1) is 22.2. The number of aliphatic hydroxyl groups excluding tert-OH is 2. The summed E-state index contributed by atoms with van der Waals surface area (Å²) in [6, 6.07) is 5.82. The maximum atomic E-state index is 12.8. The van der Waals surface area contributed by atoms with Crippen LogP contribution in [0.4, 0.5) is 4.39 Å². The van der Waals surface area contributed by atoms with Crippen molar-refractivity contribution < 1.29 is 24.1 Å². The molecule has 0 spiro atoms. The van der Waals surface area contributed by atoms with Gasteiger partial charge in [0.25, 0.3) is 0 Å². The molecule has 1 aromatic rings. The minimum absolute atomic E-state index is 0.123. The van der Waals surface area contributed by atoms with E-state index in [1.165, 1.54) is 18.2 Å². The number of carbonyl (C=O) groups excluding carboxylic acids is 1. The zero-order valence-corrected chi connectivity index (χ0v) is 15.2. The zero-order valence-electron chi connectivity index (χ0n) is 15.2. The molecule has 27 heavy (non-hydrogen) atoms. The maximum Gasteiger partial charge on any atom is 0.305 e. The van der Waals surface area contributed by atoms with E-state index in [1.807, 2.05) is 0 Å². The van der Waals surface area contributed by atoms with Crippen LogP contribution in [-0.4, -0.2) is 35.0 Å². The van der Waals surface area contributed by atoms with Crippen LogP contribution in [0.5, 0.6) is 0 Å². The van der Waals surface area contributed by atoms with Gasteiger partial charge < -0.3 is 14.9 Å². The summed E-state index contributed by atoms with van der Waals surface area (Å²) >= 11 is 0. The highest BCUT2D eigenvalue weighted by atomic mass is 19.1. The summed E-state index contributed by atoms with van der Waals surface area (Å²) in [6.07, 6.45) is 5.32. The fraction of sp³-hybridized carbons (Fsp3) is 0.318. The van der Waals surface area contributed by atoms with E-state index in [9.17, 15) is 19.4 Å². The molecule has 0 amide bonds. The molecule has 142 valence electrons. The van der Waals surface area contributed by atoms with Gasteiger partial charge in [0.1, 0.15) is 11.9 Å². The highest BCUT2D eigenvalue weighted by molar-refractivity contribution is 5.69. The molecule has 0 heterocycles. The molecule has 1 rings (SSSR count). The zero-order chi connectivity index (χ0) is 19.9. The van der Waals surface area contributed by atoms with Gasteiger partial charge in [-0.15, -0.1) is 0 Å². The molecule has 0 aromatic heterocycles. The molecule has 0 saturated heterocycles. The van der Waals surface area contributed by atoms with Gasteiger partial charge >= 0.3 is 5.97 Å². The van der Waals surface area contributed by atoms with Crippen molar-refractivity contribution in [3.05, 3.63) is 60.0 Å². The number of benzene rings is 1. The molecule has 1 aromatic carbocycles. The van der Waals surface area contributed by atoms with Gasteiger partial charge in [0, 0.05) is 18.4 Å². The summed E-state index contributed by atoms with van der Waals surface area (Å²) in [5.74, 6) is 10.2. The Labute approximate surface area is 159 Å². The van der Waals surface area contributed by atoms with Crippen LogP contribution in [0.2, 0.25) is 0 Å². The maximum absolute atomic E-state index is 12.8. The number of aliphatic hydroxyl groups is 2. The summed E-state index contributed by atoms with van der Waals surface area (Å²) < 4.78 is 17.5. The summed E-state index contributed by atoms with van der Waals surface area (Å²) in [5.41, 5.74) is 0.685. The second-order valence-corrected chi connectivity index (χ2v) is 5.47. The molecular formula is C22H23FO4. The van der Waals surface area contributed by atoms with Crippen molar-refractivity contribution >= 4 is 5.97 Å². The molecule has 0 aliphatic rings. The van der Waals surface area contributed by atoms with E-state index in [0.29, 0.717) is 12.2 Å². The second kappa shape index (κ2) is 13.4. The average molecular weight is 370 g/mol. The lowest BCUT2D eigenvalue weighted by molar-refractivity contribution is -0.143. The molecule has 2 atom stereocenters. The first-order valence-corrected chi connectivity index (χ1v) is 8.62. The van der Waals surface area contributed by atoms with E-state index in [-0.39, 0.29) is 31.0 Å². The van der Waals surface area contributed by atoms with Gasteiger partial charge in [-0.2, -0.15) is 0 Å². The van der Waals surface area contributed by atoms with E-state index in [2.05, 4.69) is 23.7 Å². The van der Waals surface area contributed by atoms with Crippen molar-refractivity contribution in [3.8, 4) is 23.7 Å². The van der Waals surface area contributed by atoms with Crippen molar-refractivity contribution in [1.29, 1.82) is 0 Å². The molecule has 0 aliphatic heterocycles. The molecule has 2 N–H and O–H groups in total. The van der Waals surface area contributed by atoms with Crippen LogP contribution >= 0.6 is 0 Å². The van der Waals surface area contributed by atoms with Gasteiger partial charge in [-0.3, -0.25) is 4.79 Å². The number of hydrogen-bond donors (Lipinski definition) is 2. The Morgan fingerprint density at radius 3 is 2.70 bits per heavy atom. The summed E-state index contributed by atoms with van der Waals surface area (Å²) in [6.45, 7) is 2.04. The second-order valence-electron chi connectivity index (χ2n) is 5.47. The Morgan fingerprint density at radius 2 is 2.00 bits per heavy atom. The van der Waals surface area contributed by atoms with Gasteiger partial charge in [0.05, 0.1) is 12.7 Å². The first-order chi connectivity index (χ1) is 13.0. The fourth-order valence-corrected chi connectivity index (χ4v) is 1.86. The number of halogens is 1. The lowest BCUT2D eigenvalue weighted by Crippen LogP contribution is -2.09. The molecule has 5 heteroatoms. The van der Waals surface area contributed by atoms with E-state index in [4.69, 9.17) is 4.74 Å². The third-order valence-corrected chi connectivity index (χ3v) is 3.19. The normalized spacial score (nSPS) is 12.7. The Kier molecular flexibility index (Phi) is 11.0. The third-order valence-electron chi connectivity index (χ3n) is 3.19. The Morgan fingerprint density at radius 1 is 1.26 bits per heavy atom. The van der Waals surface area contributed by atoms with Crippen LogP contribution in [0, 0.1) is 29.5 Å². The van der Waals surface area contributed by atoms with Crippen LogP contribution in [0.15, 0.2) is 48.6 Å². The smallest absolute Gasteiger partial charge is 0.305 e. The van der Waals surface area contributed by atoms with Gasteiger partial charge in [-0.25, -0.2) is 4.39 Å². The summed E-state index contributed by atoms with van der Waals surface area (Å²) in [5, 5.41) is 19.4. The Hall–Kier alpha value is -2.86. The van der Waals surface area contributed by atoms with Crippen molar-refractivity contribution in [2.45, 2.75) is 38.4 Å². The number of allylic oxidation sites excluding steroid dienone is 3. The Balaban J connectivity index is 2.31. The van der Waals surface area contributed by atoms with Crippen LogP contribution < -0.4 is 0 Å². The molecule has 0 radical (unpaired) electrons. The molecule has 2 unspecified atom stereocenters. The number of carbonyl (C=O) groups is 1. The first-order valence-electron chi connectivity index (χ1n) is 8.62. The van der Waals surface area contributed by atoms with Gasteiger partial charge in [0.15, 0.2) is 0 Å². The largest absolute Gasteiger partial charge is 0.466 e. The molecular weight excluding hydrogens is 347 g/mol. The van der Waals surface area contributed by atoms with Gasteiger partial charge in [-0.05, 0) is 43.7 Å². The lowest BCUT2D eigenvalue weighted by atomic mass is 10.2. The van der Waals surface area contributed by atoms with Crippen LogP contribution in [0.3, 0.4) is 0 Å². The lowest BCUT2D eigenvalue weighted by Gasteiger charge is -2.02. The monoisotopic (exact) mass is 370 g/mol. The standard InChI is InChI=1S/C22H23FO4/c1-2-27-22(26)17-16-21(25)10-6-4-3-5-9-20(24)11-7-8-18-12-14-19(23)15-13-18/h3-5,9,12-15,20-21,24-25H,2,11,16-17H2,1H3. The van der Waals surface area contributed by atoms with Crippen molar-refractivity contribution in [1.82, 2.24) is 0 Å². The topological polar surface area (TPSA) is 66.8 Å². The van der Waals surface area contributed by atoms with E-state index in [1.54, 1.807) is 37.3 Å². The van der Waals surface area contributed by atoms with Crippen LogP contribution in [0.1, 0.15) is 31.7 Å². The SMILES string of the molecule is CCOC(=O)CCC(O)C#CC=CC=CC(O)CC#Cc1ccc(F)cc1. The highest BCUT2D eigenvalue weighted by Gasteiger charge is 2.05. The number of esters is 1. The van der Waals surface area contributed by atoms with Gasteiger partial charge in [0.2, 0.25) is 0 Å². The predicted molar refractivity (Wildman–Crippen MR) is 102 cm³/mol. The van der Waals surface area contributed by atoms with Crippen LogP contribution in [-0.2, 0) is 9.53 Å².